The van der Waals surface area contributed by atoms with E-state index in [0.29, 0.717) is 16.3 Å². The number of rotatable bonds is 5. The molecule has 0 aromatic heterocycles. The quantitative estimate of drug-likeness (QED) is 0.812. The van der Waals surface area contributed by atoms with Gasteiger partial charge < -0.3 is 10.5 Å². The molecule has 0 unspecified atom stereocenters. The fraction of sp³-hybridized carbons (Fsp3) is 0.188. The second kappa shape index (κ2) is 6.73. The van der Waals surface area contributed by atoms with Crippen molar-refractivity contribution in [3.05, 3.63) is 58.6 Å². The van der Waals surface area contributed by atoms with Crippen LogP contribution >= 0.6 is 23.8 Å². The summed E-state index contributed by atoms with van der Waals surface area (Å²) >= 11 is 11.1. The predicted octanol–water partition coefficient (Wildman–Crippen LogP) is 4.72. The van der Waals surface area contributed by atoms with E-state index >= 15 is 0 Å². The van der Waals surface area contributed by atoms with Gasteiger partial charge in [-0.3, -0.25) is 0 Å². The minimum absolute atomic E-state index is 0.230. The minimum atomic E-state index is 0.230. The van der Waals surface area contributed by atoms with Crippen LogP contribution in [0.25, 0.3) is 0 Å². The molecule has 0 heterocycles. The Morgan fingerprint density at radius 1 is 1.20 bits per heavy atom. The summed E-state index contributed by atoms with van der Waals surface area (Å²) in [5, 5.41) is 0.498. The third kappa shape index (κ3) is 3.50. The molecule has 0 fully saturated rings. The van der Waals surface area contributed by atoms with Crippen molar-refractivity contribution in [3.63, 3.8) is 0 Å². The molecule has 0 saturated heterocycles. The fourth-order valence-electron chi connectivity index (χ4n) is 1.97. The Kier molecular flexibility index (Phi) is 4.99. The van der Waals surface area contributed by atoms with Gasteiger partial charge in [-0.05, 0) is 36.2 Å². The lowest BCUT2D eigenvalue weighted by molar-refractivity contribution is 0.481. The van der Waals surface area contributed by atoms with E-state index < -0.39 is 0 Å². The van der Waals surface area contributed by atoms with E-state index in [1.54, 1.807) is 12.1 Å². The Labute approximate surface area is 129 Å². The Hall–Kier alpha value is -1.58. The van der Waals surface area contributed by atoms with E-state index in [9.17, 15) is 0 Å². The average Bonchev–Trinajstić information content (AvgIpc) is 2.41. The third-order valence-corrected chi connectivity index (χ3v) is 3.43. The maximum Gasteiger partial charge on any atom is 0.139 e. The van der Waals surface area contributed by atoms with E-state index in [-0.39, 0.29) is 4.99 Å². The number of aryl methyl sites for hydroxylation is 1. The van der Waals surface area contributed by atoms with Crippen LogP contribution in [-0.2, 0) is 6.42 Å². The summed E-state index contributed by atoms with van der Waals surface area (Å²) in [6.07, 6.45) is 2.19. The maximum atomic E-state index is 6.11. The highest BCUT2D eigenvalue weighted by atomic mass is 35.5. The summed E-state index contributed by atoms with van der Waals surface area (Å²) in [6.45, 7) is 2.16. The SMILES string of the molecule is CCCc1ccc(Oc2cccc(Cl)c2C(N)=S)cc1. The monoisotopic (exact) mass is 305 g/mol. The van der Waals surface area contributed by atoms with Gasteiger partial charge in [0, 0.05) is 0 Å². The third-order valence-electron chi connectivity index (χ3n) is 2.91. The molecule has 2 nitrogen and oxygen atoms in total. The van der Waals surface area contributed by atoms with Gasteiger partial charge in [-0.25, -0.2) is 0 Å². The molecule has 0 radical (unpaired) electrons. The lowest BCUT2D eigenvalue weighted by Gasteiger charge is -2.12. The molecule has 2 rings (SSSR count). The first-order valence-corrected chi connectivity index (χ1v) is 7.25. The number of halogens is 1. The molecule has 20 heavy (non-hydrogen) atoms. The lowest BCUT2D eigenvalue weighted by atomic mass is 10.1. The van der Waals surface area contributed by atoms with E-state index in [4.69, 9.17) is 34.3 Å². The number of hydrogen-bond acceptors (Lipinski definition) is 2. The molecule has 0 bridgehead atoms. The maximum absolute atomic E-state index is 6.11. The Morgan fingerprint density at radius 3 is 2.50 bits per heavy atom. The molecule has 0 spiro atoms. The molecular weight excluding hydrogens is 290 g/mol. The number of hydrogen-bond donors (Lipinski definition) is 1. The summed E-state index contributed by atoms with van der Waals surface area (Å²) in [5.41, 5.74) is 7.56. The van der Waals surface area contributed by atoms with Crippen molar-refractivity contribution in [1.29, 1.82) is 0 Å². The average molecular weight is 306 g/mol. The van der Waals surface area contributed by atoms with E-state index in [1.807, 2.05) is 18.2 Å². The van der Waals surface area contributed by atoms with Gasteiger partial charge in [-0.1, -0.05) is 55.4 Å². The first kappa shape index (κ1) is 14.8. The molecule has 0 aliphatic carbocycles. The van der Waals surface area contributed by atoms with Crippen LogP contribution in [0.1, 0.15) is 24.5 Å². The number of thiocarbonyl (C=S) groups is 1. The normalized spacial score (nSPS) is 10.3. The second-order valence-electron chi connectivity index (χ2n) is 4.47. The molecule has 2 N–H and O–H groups in total. The molecule has 104 valence electrons. The van der Waals surface area contributed by atoms with Gasteiger partial charge in [0.05, 0.1) is 10.6 Å². The summed E-state index contributed by atoms with van der Waals surface area (Å²) < 4.78 is 5.83. The zero-order chi connectivity index (χ0) is 14.5. The second-order valence-corrected chi connectivity index (χ2v) is 5.32. The summed E-state index contributed by atoms with van der Waals surface area (Å²) in [7, 11) is 0. The predicted molar refractivity (Wildman–Crippen MR) is 87.9 cm³/mol. The molecule has 0 amide bonds. The van der Waals surface area contributed by atoms with Gasteiger partial charge in [0.1, 0.15) is 16.5 Å². The molecule has 4 heteroatoms. The number of ether oxygens (including phenoxy) is 1. The topological polar surface area (TPSA) is 35.2 Å². The molecule has 2 aromatic carbocycles. The van der Waals surface area contributed by atoms with Crippen LogP contribution < -0.4 is 10.5 Å². The zero-order valence-electron chi connectivity index (χ0n) is 11.2. The fourth-order valence-corrected chi connectivity index (χ4v) is 2.50. The number of benzene rings is 2. The van der Waals surface area contributed by atoms with Crippen molar-refractivity contribution in [2.75, 3.05) is 0 Å². The zero-order valence-corrected chi connectivity index (χ0v) is 12.8. The Balaban J connectivity index is 2.26. The van der Waals surface area contributed by atoms with Crippen LogP contribution in [0.3, 0.4) is 0 Å². The minimum Gasteiger partial charge on any atom is -0.457 e. The molecular formula is C16H16ClNOS. The van der Waals surface area contributed by atoms with E-state index in [2.05, 4.69) is 19.1 Å². The van der Waals surface area contributed by atoms with Gasteiger partial charge in [-0.15, -0.1) is 0 Å². The van der Waals surface area contributed by atoms with Gasteiger partial charge in [0.15, 0.2) is 0 Å². The van der Waals surface area contributed by atoms with Crippen LogP contribution in [0.4, 0.5) is 0 Å². The largest absolute Gasteiger partial charge is 0.457 e. The van der Waals surface area contributed by atoms with Crippen molar-refractivity contribution in [2.45, 2.75) is 19.8 Å². The first-order chi connectivity index (χ1) is 9.61. The lowest BCUT2D eigenvalue weighted by Crippen LogP contribution is -2.11. The molecule has 0 saturated carbocycles. The van der Waals surface area contributed by atoms with Crippen molar-refractivity contribution >= 4 is 28.8 Å². The van der Waals surface area contributed by atoms with Crippen molar-refractivity contribution in [3.8, 4) is 11.5 Å². The van der Waals surface area contributed by atoms with Gasteiger partial charge in [-0.2, -0.15) is 0 Å². The van der Waals surface area contributed by atoms with Crippen LogP contribution in [0.5, 0.6) is 11.5 Å². The van der Waals surface area contributed by atoms with Crippen LogP contribution in [0.2, 0.25) is 5.02 Å². The summed E-state index contributed by atoms with van der Waals surface area (Å²) in [4.78, 5) is 0.230. The van der Waals surface area contributed by atoms with Gasteiger partial charge >= 0.3 is 0 Å². The van der Waals surface area contributed by atoms with E-state index in [1.165, 1.54) is 5.56 Å². The van der Waals surface area contributed by atoms with Crippen molar-refractivity contribution in [2.24, 2.45) is 5.73 Å². The highest BCUT2D eigenvalue weighted by Gasteiger charge is 2.11. The highest BCUT2D eigenvalue weighted by Crippen LogP contribution is 2.30. The van der Waals surface area contributed by atoms with E-state index in [0.717, 1.165) is 18.6 Å². The standard InChI is InChI=1S/C16H16ClNOS/c1-2-4-11-7-9-12(10-8-11)19-14-6-3-5-13(17)15(14)16(18)20/h3,5-10H,2,4H2,1H3,(H2,18,20). The molecule has 0 aliphatic heterocycles. The Bertz CT molecular complexity index is 610. The summed E-state index contributed by atoms with van der Waals surface area (Å²) in [5.74, 6) is 1.32. The van der Waals surface area contributed by atoms with Crippen LogP contribution in [0.15, 0.2) is 42.5 Å². The highest BCUT2D eigenvalue weighted by molar-refractivity contribution is 7.80. The smallest absolute Gasteiger partial charge is 0.139 e. The molecule has 0 aliphatic rings. The van der Waals surface area contributed by atoms with Crippen molar-refractivity contribution in [1.82, 2.24) is 0 Å². The van der Waals surface area contributed by atoms with Crippen LogP contribution in [-0.4, -0.2) is 4.99 Å². The molecule has 2 aromatic rings. The first-order valence-electron chi connectivity index (χ1n) is 6.47. The Morgan fingerprint density at radius 2 is 1.90 bits per heavy atom. The van der Waals surface area contributed by atoms with Crippen molar-refractivity contribution < 1.29 is 4.74 Å². The van der Waals surface area contributed by atoms with Gasteiger partial charge in [0.2, 0.25) is 0 Å². The van der Waals surface area contributed by atoms with Crippen LogP contribution in [0, 0.1) is 0 Å². The summed E-state index contributed by atoms with van der Waals surface area (Å²) in [6, 6.07) is 13.4. The molecule has 0 atom stereocenters. The van der Waals surface area contributed by atoms with Gasteiger partial charge in [0.25, 0.3) is 0 Å². The number of nitrogens with two attached hydrogens (primary N) is 1.